The number of likely N-dealkylation sites (tertiary alicyclic amines) is 1. The molecule has 1 saturated heterocycles. The van der Waals surface area contributed by atoms with Crippen LogP contribution in [0.25, 0.3) is 0 Å². The normalized spacial score (nSPS) is 25.1. The molecule has 0 amide bonds. The summed E-state index contributed by atoms with van der Waals surface area (Å²) in [6.45, 7) is 4.16. The second-order valence-electron chi connectivity index (χ2n) is 4.71. The van der Waals surface area contributed by atoms with E-state index >= 15 is 0 Å². The van der Waals surface area contributed by atoms with Crippen LogP contribution in [0, 0.1) is 11.8 Å². The monoisotopic (exact) mass is 253 g/mol. The van der Waals surface area contributed by atoms with E-state index in [0.29, 0.717) is 6.54 Å². The van der Waals surface area contributed by atoms with E-state index in [2.05, 4.69) is 4.90 Å². The lowest BCUT2D eigenvalue weighted by molar-refractivity contribution is -0.142. The van der Waals surface area contributed by atoms with Crippen LogP contribution in [-0.2, 0) is 11.3 Å². The molecule has 2 rings (SSSR count). The first-order valence-electron chi connectivity index (χ1n) is 5.76. The Labute approximate surface area is 106 Å². The molecule has 0 spiro atoms. The van der Waals surface area contributed by atoms with E-state index in [4.69, 9.17) is 16.7 Å². The largest absolute Gasteiger partial charge is 0.481 e. The Hall–Kier alpha value is -1.06. The van der Waals surface area contributed by atoms with Gasteiger partial charge >= 0.3 is 5.97 Å². The number of rotatable bonds is 3. The van der Waals surface area contributed by atoms with E-state index in [1.807, 2.05) is 31.2 Å². The zero-order chi connectivity index (χ0) is 12.4. The third-order valence-corrected chi connectivity index (χ3v) is 3.73. The summed E-state index contributed by atoms with van der Waals surface area (Å²) in [5, 5.41) is 9.82. The summed E-state index contributed by atoms with van der Waals surface area (Å²) < 4.78 is 0. The van der Waals surface area contributed by atoms with E-state index in [-0.39, 0.29) is 11.8 Å². The first kappa shape index (κ1) is 12.4. The number of hydrogen-bond acceptors (Lipinski definition) is 2. The highest BCUT2D eigenvalue weighted by Gasteiger charge is 2.34. The van der Waals surface area contributed by atoms with E-state index in [1.165, 1.54) is 0 Å². The highest BCUT2D eigenvalue weighted by Crippen LogP contribution is 2.26. The van der Waals surface area contributed by atoms with E-state index in [1.54, 1.807) is 0 Å². The minimum Gasteiger partial charge on any atom is -0.481 e. The van der Waals surface area contributed by atoms with Gasteiger partial charge in [0.25, 0.3) is 0 Å². The maximum Gasteiger partial charge on any atom is 0.308 e. The molecule has 2 atom stereocenters. The summed E-state index contributed by atoms with van der Waals surface area (Å²) >= 11 is 6.10. The first-order valence-corrected chi connectivity index (χ1v) is 6.14. The van der Waals surface area contributed by atoms with Crippen LogP contribution in [0.2, 0.25) is 5.02 Å². The van der Waals surface area contributed by atoms with Crippen molar-refractivity contribution in [3.63, 3.8) is 0 Å². The molecule has 1 N–H and O–H groups in total. The number of halogens is 1. The zero-order valence-electron chi connectivity index (χ0n) is 9.77. The molecule has 0 saturated carbocycles. The lowest BCUT2D eigenvalue weighted by Gasteiger charge is -2.16. The zero-order valence-corrected chi connectivity index (χ0v) is 10.5. The molecular formula is C13H16ClNO2. The molecule has 4 heteroatoms. The number of nitrogens with zero attached hydrogens (tertiary/aromatic N) is 1. The fraction of sp³-hybridized carbons (Fsp3) is 0.462. The van der Waals surface area contributed by atoms with E-state index in [9.17, 15) is 4.79 Å². The second-order valence-corrected chi connectivity index (χ2v) is 5.11. The van der Waals surface area contributed by atoms with Crippen molar-refractivity contribution in [1.82, 2.24) is 4.90 Å². The van der Waals surface area contributed by atoms with Crippen LogP contribution in [0.5, 0.6) is 0 Å². The molecule has 0 radical (unpaired) electrons. The standard InChI is InChI=1S/C13H16ClNO2/c1-9-6-15(8-11(9)13(16)17)7-10-4-2-3-5-12(10)14/h2-5,9,11H,6-8H2,1H3,(H,16,17)/t9-,11-/m1/s1. The van der Waals surface area contributed by atoms with Gasteiger partial charge in [-0.1, -0.05) is 36.7 Å². The van der Waals surface area contributed by atoms with Gasteiger partial charge < -0.3 is 5.11 Å². The summed E-state index contributed by atoms with van der Waals surface area (Å²) in [5.41, 5.74) is 1.06. The van der Waals surface area contributed by atoms with Gasteiger partial charge in [-0.25, -0.2) is 0 Å². The van der Waals surface area contributed by atoms with Crippen molar-refractivity contribution in [2.45, 2.75) is 13.5 Å². The molecule has 0 aliphatic carbocycles. The van der Waals surface area contributed by atoms with Crippen LogP contribution in [0.4, 0.5) is 0 Å². The maximum atomic E-state index is 11.0. The van der Waals surface area contributed by atoms with Crippen LogP contribution >= 0.6 is 11.6 Å². The molecule has 0 unspecified atom stereocenters. The van der Waals surface area contributed by atoms with Crippen molar-refractivity contribution in [3.8, 4) is 0 Å². The van der Waals surface area contributed by atoms with Gasteiger partial charge in [0.1, 0.15) is 0 Å². The number of carboxylic acid groups (broad SMARTS) is 1. The summed E-state index contributed by atoms with van der Waals surface area (Å²) in [5.74, 6) is -0.744. The average molecular weight is 254 g/mol. The predicted octanol–water partition coefficient (Wildman–Crippen LogP) is 2.49. The summed E-state index contributed by atoms with van der Waals surface area (Å²) in [7, 11) is 0. The highest BCUT2D eigenvalue weighted by atomic mass is 35.5. The summed E-state index contributed by atoms with van der Waals surface area (Å²) in [4.78, 5) is 13.2. The third-order valence-electron chi connectivity index (χ3n) is 3.36. The van der Waals surface area contributed by atoms with Gasteiger partial charge in [-0.05, 0) is 17.5 Å². The Morgan fingerprint density at radius 3 is 2.76 bits per heavy atom. The Kier molecular flexibility index (Phi) is 3.69. The van der Waals surface area contributed by atoms with E-state index in [0.717, 1.165) is 23.7 Å². The molecule has 1 fully saturated rings. The molecule has 1 aromatic rings. The smallest absolute Gasteiger partial charge is 0.308 e. The van der Waals surface area contributed by atoms with Crippen LogP contribution in [0.3, 0.4) is 0 Å². The number of carboxylic acids is 1. The quantitative estimate of drug-likeness (QED) is 0.900. The van der Waals surface area contributed by atoms with Crippen molar-refractivity contribution < 1.29 is 9.90 Å². The number of carbonyl (C=O) groups is 1. The van der Waals surface area contributed by atoms with Crippen molar-refractivity contribution in [1.29, 1.82) is 0 Å². The van der Waals surface area contributed by atoms with Gasteiger partial charge in [-0.2, -0.15) is 0 Å². The Bertz CT molecular complexity index is 422. The van der Waals surface area contributed by atoms with Crippen LogP contribution in [0.1, 0.15) is 12.5 Å². The fourth-order valence-electron chi connectivity index (χ4n) is 2.39. The lowest BCUT2D eigenvalue weighted by Crippen LogP contribution is -2.23. The first-order chi connectivity index (χ1) is 8.08. The molecule has 3 nitrogen and oxygen atoms in total. The predicted molar refractivity (Wildman–Crippen MR) is 67.0 cm³/mol. The molecule has 1 aromatic carbocycles. The molecule has 1 heterocycles. The Morgan fingerprint density at radius 1 is 1.47 bits per heavy atom. The minimum atomic E-state index is -0.695. The number of benzene rings is 1. The Balaban J connectivity index is 2.03. The van der Waals surface area contributed by atoms with Gasteiger partial charge in [0, 0.05) is 24.7 Å². The summed E-state index contributed by atoms with van der Waals surface area (Å²) in [6.07, 6.45) is 0. The van der Waals surface area contributed by atoms with Gasteiger partial charge in [-0.3, -0.25) is 9.69 Å². The average Bonchev–Trinajstić information content (AvgIpc) is 2.63. The maximum absolute atomic E-state index is 11.0. The van der Waals surface area contributed by atoms with Gasteiger partial charge in [0.05, 0.1) is 5.92 Å². The van der Waals surface area contributed by atoms with Crippen LogP contribution in [-0.4, -0.2) is 29.1 Å². The van der Waals surface area contributed by atoms with Crippen molar-refractivity contribution in [3.05, 3.63) is 34.9 Å². The molecule has 1 aliphatic rings. The van der Waals surface area contributed by atoms with Crippen LogP contribution in [0.15, 0.2) is 24.3 Å². The topological polar surface area (TPSA) is 40.5 Å². The third kappa shape index (κ3) is 2.79. The molecular weight excluding hydrogens is 238 g/mol. The van der Waals surface area contributed by atoms with Crippen molar-refractivity contribution >= 4 is 17.6 Å². The molecule has 0 bridgehead atoms. The Morgan fingerprint density at radius 2 is 2.18 bits per heavy atom. The number of hydrogen-bond donors (Lipinski definition) is 1. The van der Waals surface area contributed by atoms with Crippen LogP contribution < -0.4 is 0 Å². The van der Waals surface area contributed by atoms with Gasteiger partial charge in [0.2, 0.25) is 0 Å². The molecule has 0 aromatic heterocycles. The highest BCUT2D eigenvalue weighted by molar-refractivity contribution is 6.31. The molecule has 1 aliphatic heterocycles. The van der Waals surface area contributed by atoms with E-state index < -0.39 is 5.97 Å². The van der Waals surface area contributed by atoms with Crippen molar-refractivity contribution in [2.24, 2.45) is 11.8 Å². The summed E-state index contributed by atoms with van der Waals surface area (Å²) in [6, 6.07) is 7.71. The fourth-order valence-corrected chi connectivity index (χ4v) is 2.58. The SMILES string of the molecule is C[C@@H]1CN(Cc2ccccc2Cl)C[C@H]1C(=O)O. The van der Waals surface area contributed by atoms with Gasteiger partial charge in [0.15, 0.2) is 0 Å². The second kappa shape index (κ2) is 5.07. The molecule has 17 heavy (non-hydrogen) atoms. The molecule has 92 valence electrons. The lowest BCUT2D eigenvalue weighted by atomic mass is 9.99. The number of aliphatic carboxylic acids is 1. The van der Waals surface area contributed by atoms with Gasteiger partial charge in [-0.15, -0.1) is 0 Å². The van der Waals surface area contributed by atoms with Crippen molar-refractivity contribution in [2.75, 3.05) is 13.1 Å². The minimum absolute atomic E-state index is 0.204.